The lowest BCUT2D eigenvalue weighted by molar-refractivity contribution is -0.119. The van der Waals surface area contributed by atoms with Crippen LogP contribution in [0.3, 0.4) is 0 Å². The summed E-state index contributed by atoms with van der Waals surface area (Å²) in [4.78, 5) is 11.6. The summed E-state index contributed by atoms with van der Waals surface area (Å²) >= 11 is 0. The fourth-order valence-electron chi connectivity index (χ4n) is 1.90. The lowest BCUT2D eigenvalue weighted by Crippen LogP contribution is -2.04. The molecule has 0 fully saturated rings. The van der Waals surface area contributed by atoms with E-state index in [1.807, 2.05) is 0 Å². The van der Waals surface area contributed by atoms with Crippen molar-refractivity contribution in [3.05, 3.63) is 34.9 Å². The Morgan fingerprint density at radius 1 is 1.25 bits per heavy atom. The van der Waals surface area contributed by atoms with Crippen LogP contribution in [-0.4, -0.2) is 5.78 Å². The second-order valence-electron chi connectivity index (χ2n) is 5.07. The zero-order valence-corrected chi connectivity index (χ0v) is 10.8. The van der Waals surface area contributed by atoms with Crippen LogP contribution in [0.15, 0.2) is 18.2 Å². The molecule has 1 aromatic carbocycles. The van der Waals surface area contributed by atoms with Crippen LogP contribution in [0.4, 0.5) is 0 Å². The highest BCUT2D eigenvalue weighted by atomic mass is 16.1. The third-order valence-corrected chi connectivity index (χ3v) is 2.81. The molecule has 0 amide bonds. The number of hydrogen-bond acceptors (Lipinski definition) is 1. The molecule has 0 heterocycles. The Bertz CT molecular complexity index is 364. The van der Waals surface area contributed by atoms with Crippen LogP contribution >= 0.6 is 0 Å². The Kier molecular flexibility index (Phi) is 4.72. The highest BCUT2D eigenvalue weighted by Gasteiger charge is 2.06. The molecule has 0 radical (unpaired) electrons. The molecule has 0 bridgehead atoms. The molecular formula is C15H22O. The zero-order chi connectivity index (χ0) is 12.1. The van der Waals surface area contributed by atoms with Crippen molar-refractivity contribution in [2.75, 3.05) is 0 Å². The van der Waals surface area contributed by atoms with E-state index < -0.39 is 0 Å². The molecule has 0 saturated carbocycles. The van der Waals surface area contributed by atoms with Crippen molar-refractivity contribution < 1.29 is 4.79 Å². The van der Waals surface area contributed by atoms with E-state index in [4.69, 9.17) is 0 Å². The van der Waals surface area contributed by atoms with Gasteiger partial charge in [0.25, 0.3) is 0 Å². The van der Waals surface area contributed by atoms with Gasteiger partial charge in [-0.05, 0) is 37.3 Å². The summed E-state index contributed by atoms with van der Waals surface area (Å²) in [5, 5.41) is 0. The van der Waals surface area contributed by atoms with Crippen molar-refractivity contribution in [1.82, 2.24) is 0 Å². The number of carbonyl (C=O) groups is 1. The molecule has 0 aliphatic carbocycles. The fraction of sp³-hybridized carbons (Fsp3) is 0.533. The van der Waals surface area contributed by atoms with Crippen LogP contribution in [0, 0.1) is 19.8 Å². The van der Waals surface area contributed by atoms with Gasteiger partial charge in [-0.15, -0.1) is 0 Å². The van der Waals surface area contributed by atoms with Crippen molar-refractivity contribution in [2.45, 2.75) is 47.0 Å². The van der Waals surface area contributed by atoms with Gasteiger partial charge in [0.15, 0.2) is 0 Å². The number of aryl methyl sites for hydroxylation is 3. The molecule has 88 valence electrons. The first-order valence-electron chi connectivity index (χ1n) is 6.07. The largest absolute Gasteiger partial charge is 0.300 e. The molecular weight excluding hydrogens is 196 g/mol. The second-order valence-corrected chi connectivity index (χ2v) is 5.07. The quantitative estimate of drug-likeness (QED) is 0.733. The predicted octanol–water partition coefficient (Wildman–Crippen LogP) is 3.85. The minimum absolute atomic E-state index is 0.385. The maximum Gasteiger partial charge on any atom is 0.133 e. The van der Waals surface area contributed by atoms with Gasteiger partial charge in [0.05, 0.1) is 0 Å². The summed E-state index contributed by atoms with van der Waals surface area (Å²) in [6.07, 6.45) is 2.28. The summed E-state index contributed by atoms with van der Waals surface area (Å²) in [6.45, 7) is 8.40. The van der Waals surface area contributed by atoms with E-state index in [-0.39, 0.29) is 0 Å². The van der Waals surface area contributed by atoms with Crippen LogP contribution < -0.4 is 0 Å². The average Bonchev–Trinajstić information content (AvgIpc) is 2.18. The number of Topliss-reactive ketones (excluding diaryl/α,β-unsaturated/α-hetero) is 1. The van der Waals surface area contributed by atoms with Crippen molar-refractivity contribution in [3.8, 4) is 0 Å². The van der Waals surface area contributed by atoms with Crippen LogP contribution in [0.1, 0.15) is 43.4 Å². The number of benzene rings is 1. The normalized spacial score (nSPS) is 10.8. The molecule has 16 heavy (non-hydrogen) atoms. The molecule has 0 N–H and O–H groups in total. The Morgan fingerprint density at radius 2 is 1.94 bits per heavy atom. The Labute approximate surface area is 98.9 Å². The van der Waals surface area contributed by atoms with Crippen molar-refractivity contribution in [1.29, 1.82) is 0 Å². The molecule has 1 rings (SSSR count). The topological polar surface area (TPSA) is 17.1 Å². The van der Waals surface area contributed by atoms with Gasteiger partial charge in [-0.2, -0.15) is 0 Å². The number of hydrogen-bond donors (Lipinski definition) is 0. The molecule has 1 aromatic rings. The van der Waals surface area contributed by atoms with Crippen molar-refractivity contribution in [3.63, 3.8) is 0 Å². The summed E-state index contributed by atoms with van der Waals surface area (Å²) in [5.41, 5.74) is 3.89. The number of carbonyl (C=O) groups excluding carboxylic acids is 1. The molecule has 0 saturated heterocycles. The average molecular weight is 218 g/mol. The maximum absolute atomic E-state index is 11.6. The number of rotatable bonds is 5. The van der Waals surface area contributed by atoms with Crippen LogP contribution in [0.25, 0.3) is 0 Å². The fourth-order valence-corrected chi connectivity index (χ4v) is 1.90. The highest BCUT2D eigenvalue weighted by molar-refractivity contribution is 5.78. The molecule has 0 aliphatic rings. The van der Waals surface area contributed by atoms with Gasteiger partial charge < -0.3 is 0 Å². The van der Waals surface area contributed by atoms with Gasteiger partial charge >= 0.3 is 0 Å². The molecule has 0 atom stereocenters. The second kappa shape index (κ2) is 5.83. The van der Waals surface area contributed by atoms with Crippen molar-refractivity contribution in [2.24, 2.45) is 5.92 Å². The Morgan fingerprint density at radius 3 is 2.56 bits per heavy atom. The minimum atomic E-state index is 0.385. The van der Waals surface area contributed by atoms with Gasteiger partial charge in [0, 0.05) is 12.8 Å². The van der Waals surface area contributed by atoms with E-state index >= 15 is 0 Å². The maximum atomic E-state index is 11.6. The lowest BCUT2D eigenvalue weighted by Gasteiger charge is -2.07. The van der Waals surface area contributed by atoms with Gasteiger partial charge in [0.1, 0.15) is 5.78 Å². The standard InChI is InChI=1S/C15H22O/c1-11(2)9-15(16)8-7-14-10-12(3)5-6-13(14)4/h5-6,10-11H,7-9H2,1-4H3. The summed E-state index contributed by atoms with van der Waals surface area (Å²) in [7, 11) is 0. The van der Waals surface area contributed by atoms with E-state index in [9.17, 15) is 4.79 Å². The SMILES string of the molecule is Cc1ccc(C)c(CCC(=O)CC(C)C)c1. The van der Waals surface area contributed by atoms with E-state index in [0.29, 0.717) is 24.5 Å². The summed E-state index contributed by atoms with van der Waals surface area (Å²) < 4.78 is 0. The molecule has 0 aliphatic heterocycles. The summed E-state index contributed by atoms with van der Waals surface area (Å²) in [6, 6.07) is 6.45. The van der Waals surface area contributed by atoms with Crippen LogP contribution in [0.2, 0.25) is 0 Å². The first kappa shape index (κ1) is 13.0. The van der Waals surface area contributed by atoms with Gasteiger partial charge in [-0.25, -0.2) is 0 Å². The van der Waals surface area contributed by atoms with E-state index in [2.05, 4.69) is 45.9 Å². The molecule has 0 unspecified atom stereocenters. The van der Waals surface area contributed by atoms with Crippen LogP contribution in [-0.2, 0) is 11.2 Å². The third-order valence-electron chi connectivity index (χ3n) is 2.81. The van der Waals surface area contributed by atoms with Gasteiger partial charge in [0.2, 0.25) is 0 Å². The monoisotopic (exact) mass is 218 g/mol. The minimum Gasteiger partial charge on any atom is -0.300 e. The summed E-state index contributed by atoms with van der Waals surface area (Å²) in [5.74, 6) is 0.863. The smallest absolute Gasteiger partial charge is 0.133 e. The Balaban J connectivity index is 2.54. The first-order valence-corrected chi connectivity index (χ1v) is 6.07. The van der Waals surface area contributed by atoms with Gasteiger partial charge in [-0.1, -0.05) is 37.6 Å². The highest BCUT2D eigenvalue weighted by Crippen LogP contribution is 2.14. The zero-order valence-electron chi connectivity index (χ0n) is 10.8. The molecule has 1 heteroatoms. The van der Waals surface area contributed by atoms with Crippen LogP contribution in [0.5, 0.6) is 0 Å². The van der Waals surface area contributed by atoms with E-state index in [1.165, 1.54) is 16.7 Å². The van der Waals surface area contributed by atoms with Gasteiger partial charge in [-0.3, -0.25) is 4.79 Å². The lowest BCUT2D eigenvalue weighted by atomic mass is 9.97. The molecule has 1 nitrogen and oxygen atoms in total. The first-order chi connectivity index (χ1) is 7.49. The van der Waals surface area contributed by atoms with E-state index in [1.54, 1.807) is 0 Å². The predicted molar refractivity (Wildman–Crippen MR) is 68.7 cm³/mol. The van der Waals surface area contributed by atoms with Crippen molar-refractivity contribution >= 4 is 5.78 Å². The Hall–Kier alpha value is -1.11. The molecule has 0 aromatic heterocycles. The number of ketones is 1. The molecule has 0 spiro atoms. The van der Waals surface area contributed by atoms with E-state index in [0.717, 1.165) is 6.42 Å². The third kappa shape index (κ3) is 4.18.